The van der Waals surface area contributed by atoms with Crippen molar-refractivity contribution >= 4 is 17.6 Å². The van der Waals surface area contributed by atoms with Gasteiger partial charge < -0.3 is 31.9 Å². The Kier molecular flexibility index (Phi) is 13.5. The van der Waals surface area contributed by atoms with Gasteiger partial charge in [-0.3, -0.25) is 0 Å². The van der Waals surface area contributed by atoms with Crippen LogP contribution >= 0.6 is 0 Å². The van der Waals surface area contributed by atoms with Gasteiger partial charge in [0.05, 0.1) is 0 Å². The summed E-state index contributed by atoms with van der Waals surface area (Å²) < 4.78 is 33.5. The second-order valence-electron chi connectivity index (χ2n) is 5.67. The summed E-state index contributed by atoms with van der Waals surface area (Å²) in [6, 6.07) is 1.61. The lowest BCUT2D eigenvalue weighted by Crippen LogP contribution is -2.46. The van der Waals surface area contributed by atoms with Gasteiger partial charge in [-0.05, 0) is 39.3 Å². The predicted molar refractivity (Wildman–Crippen MR) is 99.1 cm³/mol. The molecule has 7 nitrogen and oxygen atoms in total. The molecule has 0 aliphatic carbocycles. The first kappa shape index (κ1) is 24.2. The van der Waals surface area contributed by atoms with Gasteiger partial charge in [-0.15, -0.1) is 0 Å². The van der Waals surface area contributed by atoms with Gasteiger partial charge >= 0.3 is 17.6 Å². The summed E-state index contributed by atoms with van der Waals surface area (Å²) in [4.78, 5) is 0. The van der Waals surface area contributed by atoms with Crippen LogP contribution in [0.2, 0.25) is 12.1 Å². The molecule has 0 heterocycles. The van der Waals surface area contributed by atoms with Gasteiger partial charge in [0, 0.05) is 53.7 Å². The Labute approximate surface area is 150 Å². The van der Waals surface area contributed by atoms with E-state index in [1.165, 1.54) is 0 Å². The second kappa shape index (κ2) is 13.4. The average molecular weight is 384 g/mol. The zero-order valence-corrected chi connectivity index (χ0v) is 18.5. The van der Waals surface area contributed by atoms with Crippen molar-refractivity contribution in [1.82, 2.24) is 5.32 Å². The first-order chi connectivity index (χ1) is 11.5. The van der Waals surface area contributed by atoms with Crippen molar-refractivity contribution in [1.29, 1.82) is 0 Å². The maximum absolute atomic E-state index is 5.75. The van der Waals surface area contributed by atoms with Crippen LogP contribution in [0.5, 0.6) is 0 Å². The van der Waals surface area contributed by atoms with Crippen molar-refractivity contribution in [2.75, 3.05) is 54.7 Å². The highest BCUT2D eigenvalue weighted by atomic mass is 28.4. The van der Waals surface area contributed by atoms with Crippen LogP contribution in [0.25, 0.3) is 0 Å². The Morgan fingerprint density at radius 3 is 1.79 bits per heavy atom. The molecule has 0 bridgehead atoms. The molecule has 1 N–H and O–H groups in total. The standard InChI is InChI=1S/C15H37NO6Si2/c1-8-21-23(17-4,18-5)12-10-11-16-13-15(3)14-24(19-6,20-7)22-9-2/h15-16H,8-14H2,1-7H3. The Bertz CT molecular complexity index is 304. The first-order valence-electron chi connectivity index (χ1n) is 8.66. The minimum absolute atomic E-state index is 0.405. The molecule has 24 heavy (non-hydrogen) atoms. The fourth-order valence-electron chi connectivity index (χ4n) is 2.62. The van der Waals surface area contributed by atoms with Crippen molar-refractivity contribution in [2.45, 2.75) is 39.3 Å². The van der Waals surface area contributed by atoms with Crippen LogP contribution in [-0.4, -0.2) is 72.4 Å². The summed E-state index contributed by atoms with van der Waals surface area (Å²) in [5, 5.41) is 3.47. The molecule has 9 heteroatoms. The van der Waals surface area contributed by atoms with E-state index in [1.54, 1.807) is 28.4 Å². The number of hydrogen-bond donors (Lipinski definition) is 1. The maximum atomic E-state index is 5.75. The van der Waals surface area contributed by atoms with E-state index in [2.05, 4.69) is 12.2 Å². The molecule has 0 saturated carbocycles. The Morgan fingerprint density at radius 1 is 0.833 bits per heavy atom. The molecule has 1 atom stereocenters. The molecule has 0 rings (SSSR count). The Hall–Kier alpha value is 0.154. The summed E-state index contributed by atoms with van der Waals surface area (Å²) >= 11 is 0. The van der Waals surface area contributed by atoms with Crippen LogP contribution in [0.15, 0.2) is 0 Å². The normalized spacial score (nSPS) is 14.1. The van der Waals surface area contributed by atoms with Crippen LogP contribution < -0.4 is 5.32 Å². The van der Waals surface area contributed by atoms with Crippen molar-refractivity contribution in [3.8, 4) is 0 Å². The van der Waals surface area contributed by atoms with E-state index in [1.807, 2.05) is 13.8 Å². The lowest BCUT2D eigenvalue weighted by Gasteiger charge is -2.28. The van der Waals surface area contributed by atoms with Crippen molar-refractivity contribution in [3.63, 3.8) is 0 Å². The molecule has 0 aliphatic heterocycles. The Morgan fingerprint density at radius 2 is 1.33 bits per heavy atom. The fraction of sp³-hybridized carbons (Fsp3) is 1.00. The summed E-state index contributed by atoms with van der Waals surface area (Å²) in [6.45, 7) is 9.08. The largest absolute Gasteiger partial charge is 0.500 e. The van der Waals surface area contributed by atoms with Crippen molar-refractivity contribution in [2.24, 2.45) is 5.92 Å². The minimum Gasteiger partial charge on any atom is -0.377 e. The topological polar surface area (TPSA) is 67.4 Å². The van der Waals surface area contributed by atoms with Crippen LogP contribution in [-0.2, 0) is 26.6 Å². The molecule has 0 aromatic carbocycles. The van der Waals surface area contributed by atoms with Crippen LogP contribution in [0, 0.1) is 5.92 Å². The number of rotatable bonds is 16. The van der Waals surface area contributed by atoms with Gasteiger partial charge in [-0.2, -0.15) is 0 Å². The highest BCUT2D eigenvalue weighted by Gasteiger charge is 2.40. The zero-order chi connectivity index (χ0) is 18.5. The Balaban J connectivity index is 4.14. The summed E-state index contributed by atoms with van der Waals surface area (Å²) in [5.41, 5.74) is 0. The average Bonchev–Trinajstić information content (AvgIpc) is 2.60. The number of nitrogens with one attached hydrogen (secondary N) is 1. The second-order valence-corrected chi connectivity index (χ2v) is 11.5. The fourth-order valence-corrected chi connectivity index (χ4v) is 6.92. The third-order valence-corrected chi connectivity index (χ3v) is 10.0. The first-order valence-corrected chi connectivity index (χ1v) is 12.5. The molecule has 0 saturated heterocycles. The van der Waals surface area contributed by atoms with Crippen LogP contribution in [0.1, 0.15) is 27.2 Å². The number of hydrogen-bond acceptors (Lipinski definition) is 7. The highest BCUT2D eigenvalue weighted by molar-refractivity contribution is 6.61. The van der Waals surface area contributed by atoms with E-state index in [-0.39, 0.29) is 0 Å². The maximum Gasteiger partial charge on any atom is 0.500 e. The quantitative estimate of drug-likeness (QED) is 0.323. The molecule has 0 aromatic rings. The molecule has 1 unspecified atom stereocenters. The van der Waals surface area contributed by atoms with Crippen LogP contribution in [0.4, 0.5) is 0 Å². The molecule has 146 valence electrons. The van der Waals surface area contributed by atoms with Crippen LogP contribution in [0.3, 0.4) is 0 Å². The van der Waals surface area contributed by atoms with E-state index in [0.717, 1.165) is 31.6 Å². The van der Waals surface area contributed by atoms with Gasteiger partial charge in [-0.25, -0.2) is 0 Å². The van der Waals surface area contributed by atoms with E-state index in [9.17, 15) is 0 Å². The summed E-state index contributed by atoms with van der Waals surface area (Å²) in [5.74, 6) is 0.405. The van der Waals surface area contributed by atoms with Gasteiger partial charge in [0.2, 0.25) is 0 Å². The third-order valence-electron chi connectivity index (χ3n) is 3.90. The molecular weight excluding hydrogens is 346 g/mol. The molecule has 0 aliphatic rings. The minimum atomic E-state index is -2.52. The molecule has 0 aromatic heterocycles. The highest BCUT2D eigenvalue weighted by Crippen LogP contribution is 2.20. The zero-order valence-electron chi connectivity index (χ0n) is 16.5. The predicted octanol–water partition coefficient (Wildman–Crippen LogP) is 2.14. The third kappa shape index (κ3) is 8.50. The smallest absolute Gasteiger partial charge is 0.377 e. The summed E-state index contributed by atoms with van der Waals surface area (Å²) in [6.07, 6.45) is 0.948. The summed E-state index contributed by atoms with van der Waals surface area (Å²) in [7, 11) is 1.66. The molecule has 0 radical (unpaired) electrons. The van der Waals surface area contributed by atoms with E-state index < -0.39 is 17.6 Å². The monoisotopic (exact) mass is 383 g/mol. The van der Waals surface area contributed by atoms with E-state index >= 15 is 0 Å². The molecule has 0 amide bonds. The van der Waals surface area contributed by atoms with Gasteiger partial charge in [-0.1, -0.05) is 6.92 Å². The van der Waals surface area contributed by atoms with E-state index in [4.69, 9.17) is 26.6 Å². The SMILES string of the molecule is CCO[Si](CCCNCC(C)C[Si](OC)(OC)OCC)(OC)OC. The van der Waals surface area contributed by atoms with Crippen molar-refractivity contribution in [3.05, 3.63) is 0 Å². The lowest BCUT2D eigenvalue weighted by atomic mass is 10.2. The van der Waals surface area contributed by atoms with Gasteiger partial charge in [0.15, 0.2) is 0 Å². The lowest BCUT2D eigenvalue weighted by molar-refractivity contribution is 0.0994. The van der Waals surface area contributed by atoms with Gasteiger partial charge in [0.25, 0.3) is 0 Å². The van der Waals surface area contributed by atoms with E-state index in [0.29, 0.717) is 19.1 Å². The molecule has 0 spiro atoms. The van der Waals surface area contributed by atoms with Crippen molar-refractivity contribution < 1.29 is 26.6 Å². The molecule has 0 fully saturated rings. The molecular formula is C15H37NO6Si2. The van der Waals surface area contributed by atoms with Gasteiger partial charge in [0.1, 0.15) is 0 Å².